The van der Waals surface area contributed by atoms with Crippen LogP contribution in [0.25, 0.3) is 11.0 Å². The molecule has 166 valence electrons. The molecule has 1 heterocycles. The van der Waals surface area contributed by atoms with Crippen molar-refractivity contribution < 1.29 is 22.8 Å². The SMILES string of the molecule is O=C(Nc1ccc(C(=O)c2ccc3nccnc3c2)cc1)Nc1ccc(Cl)c(C(F)(F)F)c1. The van der Waals surface area contributed by atoms with Crippen molar-refractivity contribution in [3.05, 3.63) is 94.8 Å². The highest BCUT2D eigenvalue weighted by atomic mass is 35.5. The zero-order valence-electron chi connectivity index (χ0n) is 16.7. The van der Waals surface area contributed by atoms with Crippen LogP contribution in [0, 0.1) is 0 Å². The van der Waals surface area contributed by atoms with Gasteiger partial charge in [0.15, 0.2) is 5.78 Å². The molecule has 4 rings (SSSR count). The van der Waals surface area contributed by atoms with Gasteiger partial charge < -0.3 is 10.6 Å². The van der Waals surface area contributed by atoms with E-state index in [2.05, 4.69) is 20.6 Å². The van der Waals surface area contributed by atoms with E-state index in [1.807, 2.05) is 0 Å². The highest BCUT2D eigenvalue weighted by molar-refractivity contribution is 6.31. The smallest absolute Gasteiger partial charge is 0.308 e. The van der Waals surface area contributed by atoms with Gasteiger partial charge in [-0.2, -0.15) is 13.2 Å². The Hall–Kier alpha value is -3.98. The van der Waals surface area contributed by atoms with Crippen LogP contribution >= 0.6 is 11.6 Å². The lowest BCUT2D eigenvalue weighted by atomic mass is 10.0. The van der Waals surface area contributed by atoms with Crippen LogP contribution in [0.4, 0.5) is 29.3 Å². The molecule has 33 heavy (non-hydrogen) atoms. The Bertz CT molecular complexity index is 1360. The van der Waals surface area contributed by atoms with E-state index in [1.54, 1.807) is 24.4 Å². The van der Waals surface area contributed by atoms with Crippen molar-refractivity contribution in [3.63, 3.8) is 0 Å². The number of hydrogen-bond acceptors (Lipinski definition) is 4. The second kappa shape index (κ2) is 8.87. The first kappa shape index (κ1) is 22.2. The van der Waals surface area contributed by atoms with Crippen LogP contribution in [-0.2, 0) is 6.18 Å². The Morgan fingerprint density at radius 3 is 2.06 bits per heavy atom. The molecule has 0 aliphatic heterocycles. The van der Waals surface area contributed by atoms with Crippen molar-refractivity contribution in [3.8, 4) is 0 Å². The first-order valence-electron chi connectivity index (χ1n) is 9.51. The summed E-state index contributed by atoms with van der Waals surface area (Å²) in [4.78, 5) is 33.3. The van der Waals surface area contributed by atoms with Gasteiger partial charge in [-0.05, 0) is 60.7 Å². The Morgan fingerprint density at radius 1 is 0.758 bits per heavy atom. The number of ketones is 1. The molecule has 4 aromatic rings. The first-order chi connectivity index (χ1) is 15.7. The maximum Gasteiger partial charge on any atom is 0.417 e. The minimum absolute atomic E-state index is 0.0737. The third-order valence-electron chi connectivity index (χ3n) is 4.67. The summed E-state index contributed by atoms with van der Waals surface area (Å²) < 4.78 is 38.9. The molecule has 0 saturated carbocycles. The van der Waals surface area contributed by atoms with E-state index >= 15 is 0 Å². The Morgan fingerprint density at radius 2 is 1.36 bits per heavy atom. The maximum atomic E-state index is 13.0. The van der Waals surface area contributed by atoms with Crippen molar-refractivity contribution in [1.29, 1.82) is 0 Å². The lowest BCUT2D eigenvalue weighted by molar-refractivity contribution is -0.137. The summed E-state index contributed by atoms with van der Waals surface area (Å²) in [6.07, 6.45) is -1.55. The van der Waals surface area contributed by atoms with Crippen LogP contribution in [0.1, 0.15) is 21.5 Å². The summed E-state index contributed by atoms with van der Waals surface area (Å²) in [5, 5.41) is 4.36. The molecule has 0 bridgehead atoms. The average molecular weight is 471 g/mol. The predicted molar refractivity (Wildman–Crippen MR) is 119 cm³/mol. The van der Waals surface area contributed by atoms with Crippen molar-refractivity contribution in [2.45, 2.75) is 6.18 Å². The number of benzene rings is 3. The molecule has 10 heteroatoms. The number of amides is 2. The molecule has 0 radical (unpaired) electrons. The fourth-order valence-corrected chi connectivity index (χ4v) is 3.31. The molecular weight excluding hydrogens is 457 g/mol. The normalized spacial score (nSPS) is 11.3. The van der Waals surface area contributed by atoms with Gasteiger partial charge in [0.25, 0.3) is 0 Å². The molecule has 0 unspecified atom stereocenters. The number of hydrogen-bond donors (Lipinski definition) is 2. The molecule has 1 aromatic heterocycles. The number of carbonyl (C=O) groups is 2. The van der Waals surface area contributed by atoms with Gasteiger partial charge >= 0.3 is 12.2 Å². The number of fused-ring (bicyclic) bond motifs is 1. The van der Waals surface area contributed by atoms with Crippen molar-refractivity contribution in [2.24, 2.45) is 0 Å². The van der Waals surface area contributed by atoms with E-state index in [4.69, 9.17) is 11.6 Å². The van der Waals surface area contributed by atoms with Gasteiger partial charge in [-0.1, -0.05) is 11.6 Å². The average Bonchev–Trinajstić information content (AvgIpc) is 2.79. The zero-order chi connectivity index (χ0) is 23.6. The fourth-order valence-electron chi connectivity index (χ4n) is 3.09. The molecule has 0 spiro atoms. The second-order valence-electron chi connectivity index (χ2n) is 6.94. The summed E-state index contributed by atoms with van der Waals surface area (Å²) in [6.45, 7) is 0. The summed E-state index contributed by atoms with van der Waals surface area (Å²) in [5.41, 5.74) is 1.30. The summed E-state index contributed by atoms with van der Waals surface area (Å²) >= 11 is 5.58. The fraction of sp³-hybridized carbons (Fsp3) is 0.0435. The minimum Gasteiger partial charge on any atom is -0.308 e. The number of anilines is 2. The van der Waals surface area contributed by atoms with E-state index in [-0.39, 0.29) is 11.5 Å². The number of nitrogens with zero attached hydrogens (tertiary/aromatic N) is 2. The Kier molecular flexibility index (Phi) is 5.97. The van der Waals surface area contributed by atoms with Gasteiger partial charge in [0.1, 0.15) is 0 Å². The molecule has 2 N–H and O–H groups in total. The number of nitrogens with one attached hydrogen (secondary N) is 2. The summed E-state index contributed by atoms with van der Waals surface area (Å²) in [7, 11) is 0. The third-order valence-corrected chi connectivity index (χ3v) is 5.00. The van der Waals surface area contributed by atoms with Gasteiger partial charge in [0.05, 0.1) is 21.6 Å². The highest BCUT2D eigenvalue weighted by Crippen LogP contribution is 2.36. The topological polar surface area (TPSA) is 84.0 Å². The largest absolute Gasteiger partial charge is 0.417 e. The molecule has 2 amide bonds. The number of urea groups is 1. The third kappa shape index (κ3) is 5.09. The minimum atomic E-state index is -4.65. The van der Waals surface area contributed by atoms with Gasteiger partial charge in [0.2, 0.25) is 0 Å². The lowest BCUT2D eigenvalue weighted by Crippen LogP contribution is -2.20. The van der Waals surface area contributed by atoms with E-state index in [1.165, 1.54) is 36.5 Å². The number of halogens is 4. The number of aromatic nitrogens is 2. The quantitative estimate of drug-likeness (QED) is 0.349. The van der Waals surface area contributed by atoms with Crippen LogP contribution < -0.4 is 10.6 Å². The maximum absolute atomic E-state index is 13.0. The highest BCUT2D eigenvalue weighted by Gasteiger charge is 2.33. The van der Waals surface area contributed by atoms with Crippen LogP contribution in [-0.4, -0.2) is 21.8 Å². The van der Waals surface area contributed by atoms with Gasteiger partial charge in [-0.25, -0.2) is 4.79 Å². The van der Waals surface area contributed by atoms with Crippen LogP contribution in [0.5, 0.6) is 0 Å². The molecule has 0 atom stereocenters. The lowest BCUT2D eigenvalue weighted by Gasteiger charge is -2.12. The van der Waals surface area contributed by atoms with E-state index in [0.29, 0.717) is 27.8 Å². The van der Waals surface area contributed by atoms with E-state index < -0.39 is 22.8 Å². The standard InChI is InChI=1S/C23H14ClF3N4O2/c24-18-7-6-16(12-17(18)23(25,26)27)31-22(33)30-15-4-1-13(2-5-15)21(32)14-3-8-19-20(11-14)29-10-9-28-19/h1-12H,(H2,30,31,33). The second-order valence-corrected chi connectivity index (χ2v) is 7.35. The first-order valence-corrected chi connectivity index (χ1v) is 9.89. The van der Waals surface area contributed by atoms with E-state index in [9.17, 15) is 22.8 Å². The molecule has 6 nitrogen and oxygen atoms in total. The Balaban J connectivity index is 1.44. The van der Waals surface area contributed by atoms with Crippen molar-refractivity contribution >= 4 is 45.8 Å². The molecule has 3 aromatic carbocycles. The van der Waals surface area contributed by atoms with Crippen molar-refractivity contribution in [2.75, 3.05) is 10.6 Å². The van der Waals surface area contributed by atoms with E-state index in [0.717, 1.165) is 12.1 Å². The zero-order valence-corrected chi connectivity index (χ0v) is 17.4. The Labute approximate surface area is 190 Å². The van der Waals surface area contributed by atoms with Gasteiger partial charge in [-0.3, -0.25) is 14.8 Å². The molecular formula is C23H14ClF3N4O2. The number of rotatable bonds is 4. The number of alkyl halides is 3. The molecule has 0 aliphatic carbocycles. The molecule has 0 fully saturated rings. The van der Waals surface area contributed by atoms with Crippen LogP contribution in [0.15, 0.2) is 73.1 Å². The predicted octanol–water partition coefficient (Wildman–Crippen LogP) is 6.18. The molecule has 0 saturated heterocycles. The van der Waals surface area contributed by atoms with Crippen molar-refractivity contribution in [1.82, 2.24) is 9.97 Å². The van der Waals surface area contributed by atoms with Crippen LogP contribution in [0.2, 0.25) is 5.02 Å². The number of carbonyl (C=O) groups excluding carboxylic acids is 2. The van der Waals surface area contributed by atoms with Gasteiger partial charge in [0, 0.05) is 34.9 Å². The van der Waals surface area contributed by atoms with Crippen LogP contribution in [0.3, 0.4) is 0 Å². The monoisotopic (exact) mass is 470 g/mol. The molecule has 0 aliphatic rings. The summed E-state index contributed by atoms with van der Waals surface area (Å²) in [6, 6.07) is 13.4. The summed E-state index contributed by atoms with van der Waals surface area (Å²) in [5.74, 6) is -0.237. The van der Waals surface area contributed by atoms with Gasteiger partial charge in [-0.15, -0.1) is 0 Å².